The van der Waals surface area contributed by atoms with Gasteiger partial charge in [0.05, 0.1) is 6.04 Å². The Labute approximate surface area is 125 Å². The summed E-state index contributed by atoms with van der Waals surface area (Å²) in [6.07, 6.45) is 3.95. The molecule has 4 nitrogen and oxygen atoms in total. The van der Waals surface area contributed by atoms with Crippen LogP contribution in [0.25, 0.3) is 0 Å². The minimum absolute atomic E-state index is 0. The Morgan fingerprint density at radius 3 is 2.35 bits per heavy atom. The number of nitrogens with one attached hydrogen (secondary N) is 1. The van der Waals surface area contributed by atoms with Crippen molar-refractivity contribution in [3.05, 3.63) is 11.6 Å². The standard InChI is InChI=1S/C14H24FNO3.ClH/c15-7-10-6-11(13(18)14(19)12(10)17)16-8-9-4-2-1-3-5-9;/h6,9,11-14,16-19H,1-5,7-8H2;1H/t11-,12+,13+,14+;/m1./s1. The Kier molecular flexibility index (Phi) is 7.40. The van der Waals surface area contributed by atoms with Crippen LogP contribution in [0.4, 0.5) is 4.39 Å². The first-order valence-electron chi connectivity index (χ1n) is 7.17. The van der Waals surface area contributed by atoms with Gasteiger partial charge in [-0.25, -0.2) is 4.39 Å². The van der Waals surface area contributed by atoms with Gasteiger partial charge in [0.25, 0.3) is 0 Å². The van der Waals surface area contributed by atoms with E-state index in [0.29, 0.717) is 5.92 Å². The molecule has 20 heavy (non-hydrogen) atoms. The Bertz CT molecular complexity index is 324. The Hall–Kier alpha value is -0.200. The molecule has 0 radical (unpaired) electrons. The molecule has 2 aliphatic rings. The zero-order valence-electron chi connectivity index (χ0n) is 11.5. The van der Waals surface area contributed by atoms with Crippen molar-refractivity contribution < 1.29 is 19.7 Å². The van der Waals surface area contributed by atoms with Crippen LogP contribution in [0.3, 0.4) is 0 Å². The summed E-state index contributed by atoms with van der Waals surface area (Å²) in [4.78, 5) is 0. The zero-order chi connectivity index (χ0) is 13.8. The van der Waals surface area contributed by atoms with Gasteiger partial charge in [0, 0.05) is 0 Å². The van der Waals surface area contributed by atoms with E-state index >= 15 is 0 Å². The summed E-state index contributed by atoms with van der Waals surface area (Å²) in [6, 6.07) is -0.480. The lowest BCUT2D eigenvalue weighted by atomic mass is 9.86. The van der Waals surface area contributed by atoms with E-state index < -0.39 is 31.0 Å². The second kappa shape index (κ2) is 8.29. The van der Waals surface area contributed by atoms with Crippen LogP contribution in [0.15, 0.2) is 11.6 Å². The highest BCUT2D eigenvalue weighted by Gasteiger charge is 2.37. The van der Waals surface area contributed by atoms with Crippen molar-refractivity contribution in [1.29, 1.82) is 0 Å². The molecular formula is C14H25ClFNO3. The molecule has 0 aromatic heterocycles. The topological polar surface area (TPSA) is 72.7 Å². The minimum Gasteiger partial charge on any atom is -0.388 e. The smallest absolute Gasteiger partial charge is 0.113 e. The van der Waals surface area contributed by atoms with Crippen LogP contribution >= 0.6 is 12.4 Å². The fraction of sp³-hybridized carbons (Fsp3) is 0.857. The second-order valence-electron chi connectivity index (χ2n) is 5.74. The number of halogens is 2. The lowest BCUT2D eigenvalue weighted by Crippen LogP contribution is -2.54. The van der Waals surface area contributed by atoms with Crippen molar-refractivity contribution >= 4 is 12.4 Å². The summed E-state index contributed by atoms with van der Waals surface area (Å²) < 4.78 is 12.7. The van der Waals surface area contributed by atoms with Gasteiger partial charge in [-0.1, -0.05) is 25.3 Å². The van der Waals surface area contributed by atoms with E-state index in [4.69, 9.17) is 0 Å². The summed E-state index contributed by atoms with van der Waals surface area (Å²) in [6.45, 7) is -0.0346. The molecule has 0 aromatic carbocycles. The lowest BCUT2D eigenvalue weighted by molar-refractivity contribution is -0.0633. The largest absolute Gasteiger partial charge is 0.388 e. The highest BCUT2D eigenvalue weighted by atomic mass is 35.5. The maximum atomic E-state index is 12.7. The highest BCUT2D eigenvalue weighted by molar-refractivity contribution is 5.85. The molecular weight excluding hydrogens is 285 g/mol. The van der Waals surface area contributed by atoms with Crippen molar-refractivity contribution in [2.75, 3.05) is 13.2 Å². The fourth-order valence-electron chi connectivity index (χ4n) is 3.04. The Morgan fingerprint density at radius 2 is 1.75 bits per heavy atom. The van der Waals surface area contributed by atoms with E-state index in [1.54, 1.807) is 0 Å². The van der Waals surface area contributed by atoms with Crippen molar-refractivity contribution in [3.8, 4) is 0 Å². The first-order chi connectivity index (χ1) is 9.13. The summed E-state index contributed by atoms with van der Waals surface area (Å²) in [5, 5.41) is 32.4. The molecule has 2 rings (SSSR count). The fourth-order valence-corrected chi connectivity index (χ4v) is 3.04. The van der Waals surface area contributed by atoms with Crippen molar-refractivity contribution in [1.82, 2.24) is 5.32 Å². The number of aliphatic hydroxyl groups excluding tert-OH is 3. The number of alkyl halides is 1. The van der Waals surface area contributed by atoms with E-state index in [0.717, 1.165) is 6.54 Å². The first kappa shape index (κ1) is 17.9. The average Bonchev–Trinajstić information content (AvgIpc) is 2.45. The van der Waals surface area contributed by atoms with Gasteiger partial charge in [-0.3, -0.25) is 0 Å². The molecule has 0 unspecified atom stereocenters. The predicted molar refractivity (Wildman–Crippen MR) is 77.7 cm³/mol. The first-order valence-corrected chi connectivity index (χ1v) is 7.17. The van der Waals surface area contributed by atoms with E-state index in [1.165, 1.54) is 38.2 Å². The van der Waals surface area contributed by atoms with Crippen molar-refractivity contribution in [3.63, 3.8) is 0 Å². The Balaban J connectivity index is 0.00000200. The SMILES string of the molecule is Cl.O[C@@H]1[C@@H](O)[C@@H](O)C(CF)=C[C@H]1NCC1CCCCC1. The molecule has 0 amide bonds. The molecule has 0 saturated heterocycles. The Morgan fingerprint density at radius 1 is 1.10 bits per heavy atom. The molecule has 1 saturated carbocycles. The number of rotatable bonds is 4. The molecule has 1 fully saturated rings. The third-order valence-electron chi connectivity index (χ3n) is 4.34. The van der Waals surface area contributed by atoms with E-state index in [2.05, 4.69) is 5.32 Å². The van der Waals surface area contributed by atoms with Gasteiger partial charge < -0.3 is 20.6 Å². The monoisotopic (exact) mass is 309 g/mol. The average molecular weight is 310 g/mol. The molecule has 4 atom stereocenters. The summed E-state index contributed by atoms with van der Waals surface area (Å²) >= 11 is 0. The number of aliphatic hydroxyl groups is 3. The van der Waals surface area contributed by atoms with Crippen molar-refractivity contribution in [2.24, 2.45) is 5.92 Å². The molecule has 4 N–H and O–H groups in total. The summed E-state index contributed by atoms with van der Waals surface area (Å²) in [5.74, 6) is 0.590. The van der Waals surface area contributed by atoms with Crippen LogP contribution in [0, 0.1) is 5.92 Å². The van der Waals surface area contributed by atoms with Crippen LogP contribution in [0.1, 0.15) is 32.1 Å². The number of hydrogen-bond acceptors (Lipinski definition) is 4. The van der Waals surface area contributed by atoms with Gasteiger partial charge in [0.1, 0.15) is 25.0 Å². The maximum absolute atomic E-state index is 12.7. The lowest BCUT2D eigenvalue weighted by Gasteiger charge is -2.35. The van der Waals surface area contributed by atoms with Gasteiger partial charge >= 0.3 is 0 Å². The molecule has 0 heterocycles. The van der Waals surface area contributed by atoms with Gasteiger partial charge in [-0.2, -0.15) is 0 Å². The van der Waals surface area contributed by atoms with Crippen LogP contribution in [0.5, 0.6) is 0 Å². The van der Waals surface area contributed by atoms with E-state index in [1.807, 2.05) is 0 Å². The van der Waals surface area contributed by atoms with Crippen LogP contribution in [-0.2, 0) is 0 Å². The minimum atomic E-state index is -1.32. The normalized spacial score (nSPS) is 35.3. The quantitative estimate of drug-likeness (QED) is 0.583. The maximum Gasteiger partial charge on any atom is 0.113 e. The molecule has 0 bridgehead atoms. The molecule has 118 valence electrons. The van der Waals surface area contributed by atoms with Gasteiger partial charge in [0.2, 0.25) is 0 Å². The third kappa shape index (κ3) is 4.15. The molecule has 0 aromatic rings. The van der Waals surface area contributed by atoms with Crippen LogP contribution in [-0.4, -0.2) is 52.9 Å². The molecule has 0 spiro atoms. The second-order valence-corrected chi connectivity index (χ2v) is 5.74. The predicted octanol–water partition coefficient (Wildman–Crippen LogP) is 0.939. The van der Waals surface area contributed by atoms with Gasteiger partial charge in [0.15, 0.2) is 0 Å². The summed E-state index contributed by atoms with van der Waals surface area (Å²) in [7, 11) is 0. The highest BCUT2D eigenvalue weighted by Crippen LogP contribution is 2.24. The van der Waals surface area contributed by atoms with Gasteiger partial charge in [-0.15, -0.1) is 12.4 Å². The van der Waals surface area contributed by atoms with Crippen LogP contribution < -0.4 is 5.32 Å². The third-order valence-corrected chi connectivity index (χ3v) is 4.34. The van der Waals surface area contributed by atoms with Crippen LogP contribution in [0.2, 0.25) is 0 Å². The molecule has 0 aliphatic heterocycles. The summed E-state index contributed by atoms with van der Waals surface area (Å²) in [5.41, 5.74) is 0.152. The molecule has 2 aliphatic carbocycles. The zero-order valence-corrected chi connectivity index (χ0v) is 12.4. The number of hydrogen-bond donors (Lipinski definition) is 4. The van der Waals surface area contributed by atoms with Crippen molar-refractivity contribution in [2.45, 2.75) is 56.5 Å². The van der Waals surface area contributed by atoms with E-state index in [9.17, 15) is 19.7 Å². The van der Waals surface area contributed by atoms with Gasteiger partial charge in [-0.05, 0) is 30.9 Å². The van der Waals surface area contributed by atoms with E-state index in [-0.39, 0.29) is 18.0 Å². The molecule has 6 heteroatoms.